The van der Waals surface area contributed by atoms with Gasteiger partial charge in [0.25, 0.3) is 0 Å². The Kier molecular flexibility index (Phi) is 3.07. The van der Waals surface area contributed by atoms with Crippen LogP contribution < -0.4 is 14.4 Å². The van der Waals surface area contributed by atoms with E-state index in [0.29, 0.717) is 19.8 Å². The second-order valence-corrected chi connectivity index (χ2v) is 5.59. The molecular weight excluding hydrogens is 268 g/mol. The Morgan fingerprint density at radius 1 is 1.19 bits per heavy atom. The molecule has 5 nitrogen and oxygen atoms in total. The highest BCUT2D eigenvalue weighted by Crippen LogP contribution is 2.37. The number of hydrogen-bond donors (Lipinski definition) is 1. The van der Waals surface area contributed by atoms with Crippen LogP contribution in [0.3, 0.4) is 0 Å². The molecule has 0 spiro atoms. The zero-order chi connectivity index (χ0) is 14.2. The molecule has 0 saturated carbocycles. The van der Waals surface area contributed by atoms with E-state index in [9.17, 15) is 5.11 Å². The number of fused-ring (bicyclic) bond motifs is 2. The van der Waals surface area contributed by atoms with Crippen molar-refractivity contribution in [2.45, 2.75) is 18.9 Å². The largest absolute Gasteiger partial charge is 0.486 e. The van der Waals surface area contributed by atoms with Crippen LogP contribution in [0.4, 0.5) is 5.82 Å². The monoisotopic (exact) mass is 286 g/mol. The van der Waals surface area contributed by atoms with Crippen LogP contribution in [0.2, 0.25) is 0 Å². The summed E-state index contributed by atoms with van der Waals surface area (Å²) in [6.07, 6.45) is 3.40. The average molecular weight is 286 g/mol. The summed E-state index contributed by atoms with van der Waals surface area (Å²) in [5, 5.41) is 12.0. The predicted octanol–water partition coefficient (Wildman–Crippen LogP) is 1.97. The minimum atomic E-state index is -0.270. The van der Waals surface area contributed by atoms with Gasteiger partial charge in [-0.2, -0.15) is 0 Å². The molecule has 0 amide bonds. The number of nitrogens with zero attached hydrogens (tertiary/aromatic N) is 2. The number of rotatable bonds is 1. The Labute approximate surface area is 123 Å². The lowest BCUT2D eigenvalue weighted by molar-refractivity contribution is 0.154. The van der Waals surface area contributed by atoms with Gasteiger partial charge >= 0.3 is 0 Å². The van der Waals surface area contributed by atoms with Crippen LogP contribution in [0.15, 0.2) is 24.4 Å². The maximum Gasteiger partial charge on any atom is 0.162 e. The van der Waals surface area contributed by atoms with Crippen LogP contribution in [-0.2, 0) is 0 Å². The predicted molar refractivity (Wildman–Crippen MR) is 80.2 cm³/mol. The topological polar surface area (TPSA) is 54.8 Å². The van der Waals surface area contributed by atoms with E-state index in [4.69, 9.17) is 9.47 Å². The zero-order valence-corrected chi connectivity index (χ0v) is 11.8. The summed E-state index contributed by atoms with van der Waals surface area (Å²) in [7, 11) is 0. The molecule has 3 heterocycles. The Morgan fingerprint density at radius 3 is 2.81 bits per heavy atom. The number of pyridine rings is 1. The lowest BCUT2D eigenvalue weighted by Crippen LogP contribution is -2.38. The molecule has 0 unspecified atom stereocenters. The molecule has 2 aliphatic heterocycles. The molecule has 1 saturated heterocycles. The Balaban J connectivity index is 1.81. The fourth-order valence-electron chi connectivity index (χ4n) is 3.09. The minimum absolute atomic E-state index is 0.270. The second kappa shape index (κ2) is 5.07. The normalized spacial score (nSPS) is 21.6. The third-order valence-electron chi connectivity index (χ3n) is 4.10. The first kappa shape index (κ1) is 12.7. The van der Waals surface area contributed by atoms with E-state index in [1.165, 1.54) is 0 Å². The SMILES string of the molecule is O[C@H]1CCCN(c2nccc3cc4c(cc23)OCCO4)C1. The number of aromatic nitrogens is 1. The summed E-state index contributed by atoms with van der Waals surface area (Å²) >= 11 is 0. The van der Waals surface area contributed by atoms with Gasteiger partial charge in [0.15, 0.2) is 11.5 Å². The van der Waals surface area contributed by atoms with Crippen LogP contribution >= 0.6 is 0 Å². The van der Waals surface area contributed by atoms with Crippen molar-refractivity contribution in [3.63, 3.8) is 0 Å². The highest BCUT2D eigenvalue weighted by atomic mass is 16.6. The van der Waals surface area contributed by atoms with Crippen LogP contribution in [0.5, 0.6) is 11.5 Å². The van der Waals surface area contributed by atoms with Gasteiger partial charge in [-0.15, -0.1) is 0 Å². The molecule has 21 heavy (non-hydrogen) atoms. The van der Waals surface area contributed by atoms with Gasteiger partial charge in [-0.3, -0.25) is 0 Å². The molecule has 0 bridgehead atoms. The molecule has 110 valence electrons. The van der Waals surface area contributed by atoms with E-state index in [-0.39, 0.29) is 6.10 Å². The van der Waals surface area contributed by atoms with E-state index in [1.807, 2.05) is 24.4 Å². The van der Waals surface area contributed by atoms with Crippen LogP contribution in [0, 0.1) is 0 Å². The molecule has 1 aromatic heterocycles. The first-order valence-corrected chi connectivity index (χ1v) is 7.42. The Hall–Kier alpha value is -2.01. The van der Waals surface area contributed by atoms with E-state index < -0.39 is 0 Å². The first-order valence-electron chi connectivity index (χ1n) is 7.42. The summed E-state index contributed by atoms with van der Waals surface area (Å²) < 4.78 is 11.3. The number of β-amino-alcohol motifs (C(OH)–C–C–N with tert-alkyl or cyclic N) is 1. The van der Waals surface area contributed by atoms with Crippen LogP contribution in [0.25, 0.3) is 10.8 Å². The van der Waals surface area contributed by atoms with Crippen molar-refractivity contribution in [1.82, 2.24) is 4.98 Å². The maximum atomic E-state index is 9.89. The number of anilines is 1. The number of ether oxygens (including phenoxy) is 2. The van der Waals surface area contributed by atoms with Gasteiger partial charge in [0.1, 0.15) is 19.0 Å². The maximum absolute atomic E-state index is 9.89. The van der Waals surface area contributed by atoms with Gasteiger partial charge in [0.2, 0.25) is 0 Å². The average Bonchev–Trinajstić information content (AvgIpc) is 2.52. The van der Waals surface area contributed by atoms with Crippen LogP contribution in [0.1, 0.15) is 12.8 Å². The minimum Gasteiger partial charge on any atom is -0.486 e. The quantitative estimate of drug-likeness (QED) is 0.868. The molecule has 1 aromatic carbocycles. The van der Waals surface area contributed by atoms with Gasteiger partial charge in [0, 0.05) is 24.7 Å². The number of aliphatic hydroxyl groups excluding tert-OH is 1. The Morgan fingerprint density at radius 2 is 2.00 bits per heavy atom. The van der Waals surface area contributed by atoms with Gasteiger partial charge in [0.05, 0.1) is 6.10 Å². The van der Waals surface area contributed by atoms with E-state index in [0.717, 1.165) is 47.5 Å². The lowest BCUT2D eigenvalue weighted by Gasteiger charge is -2.32. The van der Waals surface area contributed by atoms with Gasteiger partial charge in [-0.05, 0) is 36.4 Å². The molecule has 4 rings (SSSR count). The molecule has 2 aromatic rings. The molecule has 5 heteroatoms. The molecule has 0 aliphatic carbocycles. The van der Waals surface area contributed by atoms with Gasteiger partial charge < -0.3 is 19.5 Å². The smallest absolute Gasteiger partial charge is 0.162 e. The van der Waals surface area contributed by atoms with Crippen molar-refractivity contribution in [3.05, 3.63) is 24.4 Å². The van der Waals surface area contributed by atoms with Crippen molar-refractivity contribution in [2.24, 2.45) is 0 Å². The van der Waals surface area contributed by atoms with Crippen molar-refractivity contribution in [3.8, 4) is 11.5 Å². The van der Waals surface area contributed by atoms with Crippen molar-refractivity contribution < 1.29 is 14.6 Å². The second-order valence-electron chi connectivity index (χ2n) is 5.59. The highest BCUT2D eigenvalue weighted by Gasteiger charge is 2.22. The Bertz CT molecular complexity index is 674. The molecule has 1 fully saturated rings. The number of hydrogen-bond acceptors (Lipinski definition) is 5. The van der Waals surface area contributed by atoms with E-state index >= 15 is 0 Å². The number of piperidine rings is 1. The lowest BCUT2D eigenvalue weighted by atomic mass is 10.1. The molecule has 2 aliphatic rings. The fourth-order valence-corrected chi connectivity index (χ4v) is 3.09. The van der Waals surface area contributed by atoms with Crippen molar-refractivity contribution in [2.75, 3.05) is 31.2 Å². The highest BCUT2D eigenvalue weighted by molar-refractivity contribution is 5.94. The number of benzene rings is 1. The third-order valence-corrected chi connectivity index (χ3v) is 4.10. The first-order chi connectivity index (χ1) is 10.3. The van der Waals surface area contributed by atoms with Crippen LogP contribution in [-0.4, -0.2) is 42.5 Å². The third kappa shape index (κ3) is 2.27. The summed E-state index contributed by atoms with van der Waals surface area (Å²) in [6.45, 7) is 2.74. The van der Waals surface area contributed by atoms with Crippen molar-refractivity contribution in [1.29, 1.82) is 0 Å². The molecule has 1 atom stereocenters. The molecule has 1 N–H and O–H groups in total. The fraction of sp³-hybridized carbons (Fsp3) is 0.438. The van der Waals surface area contributed by atoms with E-state index in [2.05, 4.69) is 9.88 Å². The standard InChI is InChI=1S/C16H18N2O3/c19-12-2-1-5-18(10-12)16-13-9-15-14(20-6-7-21-15)8-11(13)3-4-17-16/h3-4,8-9,12,19H,1-2,5-7,10H2/t12-/m0/s1. The van der Waals surface area contributed by atoms with Gasteiger partial charge in [-0.25, -0.2) is 4.98 Å². The molecule has 0 radical (unpaired) electrons. The summed E-state index contributed by atoms with van der Waals surface area (Å²) in [5.74, 6) is 2.49. The van der Waals surface area contributed by atoms with Crippen molar-refractivity contribution >= 4 is 16.6 Å². The van der Waals surface area contributed by atoms with E-state index in [1.54, 1.807) is 0 Å². The zero-order valence-electron chi connectivity index (χ0n) is 11.8. The summed E-state index contributed by atoms with van der Waals surface area (Å²) in [4.78, 5) is 6.69. The summed E-state index contributed by atoms with van der Waals surface area (Å²) in [5.41, 5.74) is 0. The molecular formula is C16H18N2O3. The van der Waals surface area contributed by atoms with Gasteiger partial charge in [-0.1, -0.05) is 0 Å². The summed E-state index contributed by atoms with van der Waals surface area (Å²) in [6, 6.07) is 6.00. The number of aliphatic hydroxyl groups is 1.